The summed E-state index contributed by atoms with van der Waals surface area (Å²) in [6.07, 6.45) is 0.254. The van der Waals surface area contributed by atoms with Crippen molar-refractivity contribution in [1.82, 2.24) is 9.97 Å². The number of aliphatic hydroxyl groups is 1. The van der Waals surface area contributed by atoms with Crippen LogP contribution in [-0.2, 0) is 4.74 Å². The highest BCUT2D eigenvalue weighted by molar-refractivity contribution is 6.28. The first-order valence-corrected chi connectivity index (χ1v) is 6.31. The Labute approximate surface area is 119 Å². The first-order valence-electron chi connectivity index (χ1n) is 5.93. The van der Waals surface area contributed by atoms with E-state index in [0.717, 1.165) is 11.1 Å². The van der Waals surface area contributed by atoms with Gasteiger partial charge in [0.25, 0.3) is 0 Å². The van der Waals surface area contributed by atoms with Crippen molar-refractivity contribution in [2.24, 2.45) is 0 Å². The summed E-state index contributed by atoms with van der Waals surface area (Å²) in [6, 6.07) is 0. The van der Waals surface area contributed by atoms with Crippen LogP contribution >= 0.6 is 11.6 Å². The molecule has 1 aliphatic rings. The van der Waals surface area contributed by atoms with Gasteiger partial charge in [-0.15, -0.1) is 0 Å². The van der Waals surface area contributed by atoms with Gasteiger partial charge in [0.2, 0.25) is 5.28 Å². The molecule has 2 rings (SSSR count). The number of hydrogen-bond donors (Lipinski definition) is 3. The Morgan fingerprint density at radius 1 is 1.50 bits per heavy atom. The van der Waals surface area contributed by atoms with Crippen molar-refractivity contribution in [1.29, 1.82) is 0 Å². The molecular formula is C11H14ClN3O5. The van der Waals surface area contributed by atoms with Crippen molar-refractivity contribution in [3.05, 3.63) is 11.5 Å². The molecule has 1 saturated heterocycles. The highest BCUT2D eigenvalue weighted by atomic mass is 35.5. The number of ether oxygens (including phenoxy) is 1. The lowest BCUT2D eigenvalue weighted by Gasteiger charge is -2.42. The summed E-state index contributed by atoms with van der Waals surface area (Å²) in [6.45, 7) is 0.206. The third kappa shape index (κ3) is 2.62. The largest absolute Gasteiger partial charge is 0.503 e. The van der Waals surface area contributed by atoms with Crippen LogP contribution in [0.25, 0.3) is 0 Å². The van der Waals surface area contributed by atoms with Crippen LogP contribution in [0.3, 0.4) is 0 Å². The van der Waals surface area contributed by atoms with Crippen LogP contribution in [-0.4, -0.2) is 56.7 Å². The molecule has 2 heterocycles. The fourth-order valence-corrected chi connectivity index (χ4v) is 2.36. The topological polar surface area (TPSA) is 116 Å². The zero-order chi connectivity index (χ0) is 14.8. The average Bonchev–Trinajstić information content (AvgIpc) is 2.43. The van der Waals surface area contributed by atoms with Crippen molar-refractivity contribution >= 4 is 23.5 Å². The number of nitrogens with zero attached hydrogens (tertiary/aromatic N) is 3. The minimum absolute atomic E-state index is 0.191. The van der Waals surface area contributed by atoms with E-state index < -0.39 is 24.0 Å². The summed E-state index contributed by atoms with van der Waals surface area (Å²) in [7, 11) is 0. The second-order valence-corrected chi connectivity index (χ2v) is 4.80. The molecule has 0 aromatic carbocycles. The Kier molecular flexibility index (Phi) is 4.26. The number of rotatable bonds is 3. The predicted octanol–water partition coefficient (Wildman–Crippen LogP) is 0.861. The number of anilines is 1. The van der Waals surface area contributed by atoms with E-state index >= 15 is 0 Å². The monoisotopic (exact) mass is 303 g/mol. The number of carbonyl (C=O) groups is 1. The second kappa shape index (κ2) is 5.78. The first-order chi connectivity index (χ1) is 9.50. The van der Waals surface area contributed by atoms with E-state index in [1.165, 1.54) is 0 Å². The molecule has 3 N–H and O–H groups in total. The standard InChI is InChI=1S/C11H14ClN3O5/c12-9-13-5-7(17)8(14-9)15(10(18)19)11(6-16)1-3-20-4-2-11/h5,16-17H,1-4,6H2,(H,18,19). The van der Waals surface area contributed by atoms with E-state index in [1.54, 1.807) is 0 Å². The summed E-state index contributed by atoms with van der Waals surface area (Å²) >= 11 is 5.65. The lowest BCUT2D eigenvalue weighted by Crippen LogP contribution is -2.57. The number of aliphatic hydroxyl groups excluding tert-OH is 1. The van der Waals surface area contributed by atoms with Crippen LogP contribution in [0.15, 0.2) is 6.20 Å². The molecule has 0 aliphatic carbocycles. The number of carboxylic acid groups (broad SMARTS) is 1. The highest BCUT2D eigenvalue weighted by Gasteiger charge is 2.44. The molecule has 1 amide bonds. The Morgan fingerprint density at radius 3 is 2.70 bits per heavy atom. The Morgan fingerprint density at radius 2 is 2.15 bits per heavy atom. The number of halogens is 1. The molecule has 1 aromatic rings. The smallest absolute Gasteiger partial charge is 0.413 e. The van der Waals surface area contributed by atoms with Crippen LogP contribution in [0, 0.1) is 0 Å². The molecule has 0 saturated carbocycles. The molecule has 110 valence electrons. The van der Waals surface area contributed by atoms with E-state index in [1.807, 2.05) is 0 Å². The minimum Gasteiger partial charge on any atom is -0.503 e. The Balaban J connectivity index is 2.49. The number of hydrogen-bond acceptors (Lipinski definition) is 6. The molecule has 1 aromatic heterocycles. The molecule has 0 unspecified atom stereocenters. The Hall–Kier alpha value is -1.64. The van der Waals surface area contributed by atoms with Crippen LogP contribution in [0.2, 0.25) is 5.28 Å². The van der Waals surface area contributed by atoms with E-state index in [0.29, 0.717) is 13.2 Å². The van der Waals surface area contributed by atoms with Gasteiger partial charge in [-0.05, 0) is 24.4 Å². The van der Waals surface area contributed by atoms with Crippen LogP contribution in [0.5, 0.6) is 5.75 Å². The molecule has 0 bridgehead atoms. The maximum Gasteiger partial charge on any atom is 0.413 e. The van der Waals surface area contributed by atoms with Gasteiger partial charge in [-0.2, -0.15) is 4.98 Å². The van der Waals surface area contributed by atoms with Gasteiger partial charge in [-0.25, -0.2) is 14.7 Å². The first kappa shape index (κ1) is 14.8. The van der Waals surface area contributed by atoms with Gasteiger partial charge in [-0.1, -0.05) is 0 Å². The van der Waals surface area contributed by atoms with Gasteiger partial charge >= 0.3 is 6.09 Å². The van der Waals surface area contributed by atoms with E-state index in [-0.39, 0.29) is 23.9 Å². The third-order valence-corrected chi connectivity index (χ3v) is 3.50. The van der Waals surface area contributed by atoms with Crippen molar-refractivity contribution in [3.63, 3.8) is 0 Å². The lowest BCUT2D eigenvalue weighted by atomic mass is 9.89. The summed E-state index contributed by atoms with van der Waals surface area (Å²) in [5.74, 6) is -0.662. The fraction of sp³-hybridized carbons (Fsp3) is 0.545. The van der Waals surface area contributed by atoms with E-state index in [9.17, 15) is 20.1 Å². The highest BCUT2D eigenvalue weighted by Crippen LogP contribution is 2.36. The maximum atomic E-state index is 11.6. The molecular weight excluding hydrogens is 290 g/mol. The summed E-state index contributed by atoms with van der Waals surface area (Å²) < 4.78 is 5.19. The number of amides is 1. The molecule has 1 aliphatic heterocycles. The predicted molar refractivity (Wildman–Crippen MR) is 69.1 cm³/mol. The molecule has 9 heteroatoms. The third-order valence-electron chi connectivity index (χ3n) is 3.32. The second-order valence-electron chi connectivity index (χ2n) is 4.46. The summed E-state index contributed by atoms with van der Waals surface area (Å²) in [4.78, 5) is 19.8. The van der Waals surface area contributed by atoms with E-state index in [2.05, 4.69) is 9.97 Å². The van der Waals surface area contributed by atoms with Crippen LogP contribution < -0.4 is 4.90 Å². The normalized spacial score (nSPS) is 17.7. The fourth-order valence-electron chi connectivity index (χ4n) is 2.23. The summed E-state index contributed by atoms with van der Waals surface area (Å²) in [5, 5.41) is 28.7. The van der Waals surface area contributed by atoms with Gasteiger partial charge in [0.1, 0.15) is 0 Å². The van der Waals surface area contributed by atoms with Crippen molar-refractivity contribution in [2.75, 3.05) is 24.7 Å². The zero-order valence-corrected chi connectivity index (χ0v) is 11.2. The van der Waals surface area contributed by atoms with Gasteiger partial charge in [0.05, 0.1) is 18.3 Å². The molecule has 0 atom stereocenters. The SMILES string of the molecule is O=C(O)N(c1nc(Cl)ncc1O)C1(CO)CCOCC1. The maximum absolute atomic E-state index is 11.6. The van der Waals surface area contributed by atoms with Crippen molar-refractivity contribution in [3.8, 4) is 5.75 Å². The lowest BCUT2D eigenvalue weighted by molar-refractivity contribution is 0.0255. The van der Waals surface area contributed by atoms with Crippen molar-refractivity contribution < 1.29 is 24.9 Å². The Bertz CT molecular complexity index is 507. The van der Waals surface area contributed by atoms with Gasteiger partial charge < -0.3 is 20.1 Å². The molecule has 1 fully saturated rings. The summed E-state index contributed by atoms with van der Waals surface area (Å²) in [5.41, 5.74) is -1.10. The van der Waals surface area contributed by atoms with Gasteiger partial charge in [-0.3, -0.25) is 0 Å². The molecule has 8 nitrogen and oxygen atoms in total. The van der Waals surface area contributed by atoms with Crippen LogP contribution in [0.1, 0.15) is 12.8 Å². The molecule has 0 radical (unpaired) electrons. The minimum atomic E-state index is -1.34. The number of aromatic hydroxyl groups is 1. The van der Waals surface area contributed by atoms with Crippen molar-refractivity contribution in [2.45, 2.75) is 18.4 Å². The quantitative estimate of drug-likeness (QED) is 0.709. The van der Waals surface area contributed by atoms with Crippen LogP contribution in [0.4, 0.5) is 10.6 Å². The van der Waals surface area contributed by atoms with E-state index in [4.69, 9.17) is 16.3 Å². The molecule has 0 spiro atoms. The number of aromatic nitrogens is 2. The average molecular weight is 304 g/mol. The molecule has 20 heavy (non-hydrogen) atoms. The van der Waals surface area contributed by atoms with Gasteiger partial charge in [0.15, 0.2) is 11.6 Å². The van der Waals surface area contributed by atoms with Gasteiger partial charge in [0, 0.05) is 13.2 Å². The zero-order valence-electron chi connectivity index (χ0n) is 10.5.